The zero-order valence-corrected chi connectivity index (χ0v) is 11.6. The van der Waals surface area contributed by atoms with Crippen molar-refractivity contribution in [2.75, 3.05) is 0 Å². The Bertz CT molecular complexity index is 634. The fourth-order valence-corrected chi connectivity index (χ4v) is 3.13. The molecule has 2 aromatic carbocycles. The standard InChI is InChI=1S/C13H11BrO2S/c1-10-9-12(7-8-13(10)14)17(15,16)11-5-3-2-4-6-11/h2-9H,1H3. The van der Waals surface area contributed by atoms with Crippen LogP contribution in [0.15, 0.2) is 62.8 Å². The van der Waals surface area contributed by atoms with Gasteiger partial charge in [-0.1, -0.05) is 34.1 Å². The Morgan fingerprint density at radius 1 is 0.941 bits per heavy atom. The lowest BCUT2D eigenvalue weighted by Gasteiger charge is -2.06. The van der Waals surface area contributed by atoms with Gasteiger partial charge in [-0.3, -0.25) is 0 Å². The second-order valence-corrected chi connectivity index (χ2v) is 6.53. The van der Waals surface area contributed by atoms with Crippen LogP contribution in [0.4, 0.5) is 0 Å². The normalized spacial score (nSPS) is 11.4. The molecular weight excluding hydrogens is 300 g/mol. The van der Waals surface area contributed by atoms with Crippen molar-refractivity contribution in [3.05, 3.63) is 58.6 Å². The molecule has 0 N–H and O–H groups in total. The molecule has 0 bridgehead atoms. The Hall–Kier alpha value is -1.13. The molecule has 4 heteroatoms. The minimum atomic E-state index is -3.40. The van der Waals surface area contributed by atoms with Crippen molar-refractivity contribution < 1.29 is 8.42 Å². The van der Waals surface area contributed by atoms with Gasteiger partial charge >= 0.3 is 0 Å². The second-order valence-electron chi connectivity index (χ2n) is 3.73. The summed E-state index contributed by atoms with van der Waals surface area (Å²) in [4.78, 5) is 0.645. The van der Waals surface area contributed by atoms with Crippen LogP contribution in [-0.2, 0) is 9.84 Å². The van der Waals surface area contributed by atoms with Gasteiger partial charge in [0.1, 0.15) is 0 Å². The molecule has 0 heterocycles. The summed E-state index contributed by atoms with van der Waals surface area (Å²) in [5.41, 5.74) is 0.905. The molecule has 0 atom stereocenters. The molecule has 2 aromatic rings. The zero-order chi connectivity index (χ0) is 12.5. The molecule has 88 valence electrons. The molecule has 0 unspecified atom stereocenters. The van der Waals surface area contributed by atoms with Crippen LogP contribution in [0.3, 0.4) is 0 Å². The summed E-state index contributed by atoms with van der Waals surface area (Å²) in [6.07, 6.45) is 0. The predicted octanol–water partition coefficient (Wildman–Crippen LogP) is 3.59. The van der Waals surface area contributed by atoms with Gasteiger partial charge in [0.15, 0.2) is 0 Å². The van der Waals surface area contributed by atoms with Crippen molar-refractivity contribution in [3.63, 3.8) is 0 Å². The lowest BCUT2D eigenvalue weighted by molar-refractivity contribution is 0.596. The molecule has 17 heavy (non-hydrogen) atoms. The van der Waals surface area contributed by atoms with Crippen molar-refractivity contribution in [3.8, 4) is 0 Å². The molecule has 0 aromatic heterocycles. The van der Waals surface area contributed by atoms with E-state index in [0.29, 0.717) is 9.79 Å². The monoisotopic (exact) mass is 310 g/mol. The van der Waals surface area contributed by atoms with Gasteiger partial charge in [-0.15, -0.1) is 0 Å². The summed E-state index contributed by atoms with van der Waals surface area (Å²) in [6, 6.07) is 13.5. The van der Waals surface area contributed by atoms with Crippen LogP contribution in [-0.4, -0.2) is 8.42 Å². The molecule has 0 aliphatic rings. The molecule has 0 aliphatic heterocycles. The highest BCUT2D eigenvalue weighted by Gasteiger charge is 2.17. The molecule has 0 saturated carbocycles. The minimum absolute atomic E-state index is 0.321. The predicted molar refractivity (Wildman–Crippen MR) is 70.8 cm³/mol. The Kier molecular flexibility index (Phi) is 3.35. The van der Waals surface area contributed by atoms with Crippen LogP contribution in [0.25, 0.3) is 0 Å². The molecule has 0 fully saturated rings. The highest BCUT2D eigenvalue weighted by atomic mass is 79.9. The molecule has 0 spiro atoms. The number of halogens is 1. The quantitative estimate of drug-likeness (QED) is 0.849. The summed E-state index contributed by atoms with van der Waals surface area (Å²) in [5.74, 6) is 0. The van der Waals surface area contributed by atoms with Gasteiger partial charge in [0, 0.05) is 4.47 Å². The Morgan fingerprint density at radius 2 is 1.59 bits per heavy atom. The van der Waals surface area contributed by atoms with Crippen LogP contribution < -0.4 is 0 Å². The first-order valence-corrected chi connectivity index (χ1v) is 7.36. The number of hydrogen-bond donors (Lipinski definition) is 0. The van der Waals surface area contributed by atoms with E-state index >= 15 is 0 Å². The van der Waals surface area contributed by atoms with Crippen molar-refractivity contribution in [1.82, 2.24) is 0 Å². The van der Waals surface area contributed by atoms with Gasteiger partial charge in [-0.2, -0.15) is 0 Å². The van der Waals surface area contributed by atoms with E-state index in [2.05, 4.69) is 15.9 Å². The summed E-state index contributed by atoms with van der Waals surface area (Å²) in [5, 5.41) is 0. The lowest BCUT2D eigenvalue weighted by atomic mass is 10.2. The highest BCUT2D eigenvalue weighted by molar-refractivity contribution is 9.10. The van der Waals surface area contributed by atoms with E-state index in [1.807, 2.05) is 6.92 Å². The largest absolute Gasteiger partial charge is 0.219 e. The molecule has 0 aliphatic carbocycles. The number of benzene rings is 2. The molecule has 0 radical (unpaired) electrons. The minimum Gasteiger partial charge on any atom is -0.219 e. The average molecular weight is 311 g/mol. The average Bonchev–Trinajstić information content (AvgIpc) is 2.33. The summed E-state index contributed by atoms with van der Waals surface area (Å²) >= 11 is 3.36. The zero-order valence-electron chi connectivity index (χ0n) is 9.22. The van der Waals surface area contributed by atoms with E-state index in [-0.39, 0.29) is 0 Å². The van der Waals surface area contributed by atoms with Crippen LogP contribution in [0, 0.1) is 6.92 Å². The lowest BCUT2D eigenvalue weighted by Crippen LogP contribution is -2.02. The third-order valence-electron chi connectivity index (χ3n) is 2.49. The van der Waals surface area contributed by atoms with E-state index < -0.39 is 9.84 Å². The van der Waals surface area contributed by atoms with Crippen LogP contribution >= 0.6 is 15.9 Å². The van der Waals surface area contributed by atoms with Gasteiger partial charge in [0.25, 0.3) is 0 Å². The third-order valence-corrected chi connectivity index (χ3v) is 5.15. The third kappa shape index (κ3) is 2.42. The first-order chi connectivity index (χ1) is 8.01. The summed E-state index contributed by atoms with van der Waals surface area (Å²) < 4.78 is 25.5. The molecule has 0 saturated heterocycles. The van der Waals surface area contributed by atoms with E-state index in [1.54, 1.807) is 48.5 Å². The summed E-state index contributed by atoms with van der Waals surface area (Å²) in [7, 11) is -3.40. The second kappa shape index (κ2) is 4.63. The maximum Gasteiger partial charge on any atom is 0.206 e. The van der Waals surface area contributed by atoms with Gasteiger partial charge in [-0.25, -0.2) is 8.42 Å². The van der Waals surface area contributed by atoms with Crippen molar-refractivity contribution in [2.24, 2.45) is 0 Å². The number of hydrogen-bond acceptors (Lipinski definition) is 2. The first kappa shape index (κ1) is 12.3. The molecule has 2 rings (SSSR count). The fourth-order valence-electron chi connectivity index (χ4n) is 1.52. The van der Waals surface area contributed by atoms with Gasteiger partial charge < -0.3 is 0 Å². The van der Waals surface area contributed by atoms with Crippen molar-refractivity contribution >= 4 is 25.8 Å². The van der Waals surface area contributed by atoms with Gasteiger partial charge in [0.05, 0.1) is 9.79 Å². The van der Waals surface area contributed by atoms with E-state index in [4.69, 9.17) is 0 Å². The Balaban J connectivity index is 2.57. The summed E-state index contributed by atoms with van der Waals surface area (Å²) in [6.45, 7) is 1.87. The molecular formula is C13H11BrO2S. The van der Waals surface area contributed by atoms with Crippen LogP contribution in [0.1, 0.15) is 5.56 Å². The maximum atomic E-state index is 12.3. The first-order valence-electron chi connectivity index (χ1n) is 5.08. The van der Waals surface area contributed by atoms with Gasteiger partial charge in [-0.05, 0) is 42.8 Å². The number of sulfone groups is 1. The SMILES string of the molecule is Cc1cc(S(=O)(=O)c2ccccc2)ccc1Br. The van der Waals surface area contributed by atoms with E-state index in [0.717, 1.165) is 10.0 Å². The number of rotatable bonds is 2. The van der Waals surface area contributed by atoms with E-state index in [1.165, 1.54) is 0 Å². The van der Waals surface area contributed by atoms with Crippen molar-refractivity contribution in [2.45, 2.75) is 16.7 Å². The van der Waals surface area contributed by atoms with Crippen LogP contribution in [0.5, 0.6) is 0 Å². The highest BCUT2D eigenvalue weighted by Crippen LogP contribution is 2.24. The smallest absolute Gasteiger partial charge is 0.206 e. The van der Waals surface area contributed by atoms with Gasteiger partial charge in [0.2, 0.25) is 9.84 Å². The van der Waals surface area contributed by atoms with E-state index in [9.17, 15) is 8.42 Å². The topological polar surface area (TPSA) is 34.1 Å². The molecule has 0 amide bonds. The Morgan fingerprint density at radius 3 is 2.18 bits per heavy atom. The number of aryl methyl sites for hydroxylation is 1. The van der Waals surface area contributed by atoms with Crippen molar-refractivity contribution in [1.29, 1.82) is 0 Å². The molecule has 2 nitrogen and oxygen atoms in total. The maximum absolute atomic E-state index is 12.3. The van der Waals surface area contributed by atoms with Crippen LogP contribution in [0.2, 0.25) is 0 Å². The fraction of sp³-hybridized carbons (Fsp3) is 0.0769. The Labute approximate surface area is 109 Å².